The van der Waals surface area contributed by atoms with E-state index in [2.05, 4.69) is 0 Å². The molecule has 152 valence electrons. The average Bonchev–Trinajstić information content (AvgIpc) is 2.57. The fourth-order valence-corrected chi connectivity index (χ4v) is 3.74. The second-order valence-electron chi connectivity index (χ2n) is 7.19. The number of benzene rings is 2. The van der Waals surface area contributed by atoms with Gasteiger partial charge in [-0.25, -0.2) is 13.2 Å². The summed E-state index contributed by atoms with van der Waals surface area (Å²) in [5.74, 6) is -1.02. The highest BCUT2D eigenvalue weighted by molar-refractivity contribution is 7.91. The molecule has 0 fully saturated rings. The van der Waals surface area contributed by atoms with Crippen LogP contribution in [-0.4, -0.2) is 42.6 Å². The van der Waals surface area contributed by atoms with Crippen LogP contribution in [0.2, 0.25) is 0 Å². The molecule has 0 amide bonds. The van der Waals surface area contributed by atoms with Gasteiger partial charge in [0.05, 0.1) is 17.3 Å². The summed E-state index contributed by atoms with van der Waals surface area (Å²) in [6.07, 6.45) is 0.230. The highest BCUT2D eigenvalue weighted by atomic mass is 32.2. The van der Waals surface area contributed by atoms with Crippen LogP contribution in [0, 0.1) is 0 Å². The number of carbonyl (C=O) groups is 1. The molecule has 0 radical (unpaired) electrons. The Hall–Kier alpha value is -2.74. The Morgan fingerprint density at radius 3 is 2.39 bits per heavy atom. The van der Waals surface area contributed by atoms with Gasteiger partial charge in [-0.1, -0.05) is 6.07 Å². The summed E-state index contributed by atoms with van der Waals surface area (Å²) in [5.41, 5.74) is -0.662. The lowest BCUT2D eigenvalue weighted by molar-refractivity contribution is 0.0693. The van der Waals surface area contributed by atoms with Crippen molar-refractivity contribution in [2.24, 2.45) is 0 Å². The molecular formula is C20H24O7S. The Balaban J connectivity index is 1.94. The van der Waals surface area contributed by atoms with E-state index in [1.807, 2.05) is 20.8 Å². The van der Waals surface area contributed by atoms with Gasteiger partial charge in [-0.3, -0.25) is 0 Å². The molecule has 0 saturated heterocycles. The van der Waals surface area contributed by atoms with E-state index in [9.17, 15) is 18.3 Å². The van der Waals surface area contributed by atoms with Gasteiger partial charge in [0.1, 0.15) is 28.4 Å². The van der Waals surface area contributed by atoms with E-state index in [0.29, 0.717) is 5.75 Å². The molecule has 0 aromatic heterocycles. The standard InChI is InChI=1S/C20H24O7S/c1-20(2,3)27-15-6-4-7-16(12-15)28(24,25)11-5-10-26-14-8-9-17(19(22)23)18(21)13-14/h4,6-9,12-13,21H,5,10-11H2,1-3H3,(H,22,23). The Kier molecular flexibility index (Phi) is 6.56. The maximum atomic E-state index is 12.5. The monoisotopic (exact) mass is 408 g/mol. The van der Waals surface area contributed by atoms with Crippen molar-refractivity contribution in [1.82, 2.24) is 0 Å². The molecule has 2 aromatic rings. The van der Waals surface area contributed by atoms with Crippen molar-refractivity contribution in [1.29, 1.82) is 0 Å². The highest BCUT2D eigenvalue weighted by Crippen LogP contribution is 2.25. The first-order chi connectivity index (χ1) is 13.0. The Labute approximate surface area is 164 Å². The van der Waals surface area contributed by atoms with E-state index in [4.69, 9.17) is 14.6 Å². The maximum Gasteiger partial charge on any atom is 0.339 e. The lowest BCUT2D eigenvalue weighted by Crippen LogP contribution is -2.23. The van der Waals surface area contributed by atoms with Crippen molar-refractivity contribution < 1.29 is 32.9 Å². The number of rotatable bonds is 8. The number of sulfone groups is 1. The molecule has 2 aromatic carbocycles. The van der Waals surface area contributed by atoms with E-state index in [-0.39, 0.29) is 35.0 Å². The number of carboxylic acids is 1. The summed E-state index contributed by atoms with van der Waals surface area (Å²) in [6, 6.07) is 10.2. The van der Waals surface area contributed by atoms with Crippen LogP contribution in [0.1, 0.15) is 37.6 Å². The van der Waals surface area contributed by atoms with Crippen molar-refractivity contribution in [3.05, 3.63) is 48.0 Å². The summed E-state index contributed by atoms with van der Waals surface area (Å²) in [5, 5.41) is 18.5. The summed E-state index contributed by atoms with van der Waals surface area (Å²) in [7, 11) is -3.51. The number of aromatic carboxylic acids is 1. The van der Waals surface area contributed by atoms with Crippen LogP contribution in [0.5, 0.6) is 17.2 Å². The zero-order valence-electron chi connectivity index (χ0n) is 16.0. The first-order valence-electron chi connectivity index (χ1n) is 8.69. The van der Waals surface area contributed by atoms with Crippen molar-refractivity contribution in [2.45, 2.75) is 37.7 Å². The number of ether oxygens (including phenoxy) is 2. The second kappa shape index (κ2) is 8.52. The third-order valence-corrected chi connectivity index (χ3v) is 5.41. The molecule has 8 heteroatoms. The van der Waals surface area contributed by atoms with Gasteiger partial charge in [-0.15, -0.1) is 0 Å². The molecule has 0 aliphatic rings. The van der Waals surface area contributed by atoms with Gasteiger partial charge in [0, 0.05) is 6.07 Å². The Morgan fingerprint density at radius 1 is 1.07 bits per heavy atom. The quantitative estimate of drug-likeness (QED) is 0.643. The molecule has 0 aliphatic carbocycles. The fourth-order valence-electron chi connectivity index (χ4n) is 2.42. The van der Waals surface area contributed by atoms with Crippen LogP contribution in [0.15, 0.2) is 47.4 Å². The van der Waals surface area contributed by atoms with Crippen molar-refractivity contribution >= 4 is 15.8 Å². The van der Waals surface area contributed by atoms with Crippen LogP contribution in [0.3, 0.4) is 0 Å². The minimum Gasteiger partial charge on any atom is -0.507 e. The van der Waals surface area contributed by atoms with Crippen molar-refractivity contribution in [3.8, 4) is 17.2 Å². The number of aromatic hydroxyl groups is 1. The lowest BCUT2D eigenvalue weighted by atomic mass is 10.2. The summed E-state index contributed by atoms with van der Waals surface area (Å²) in [6.45, 7) is 5.74. The largest absolute Gasteiger partial charge is 0.507 e. The molecule has 0 unspecified atom stereocenters. The first-order valence-corrected chi connectivity index (χ1v) is 10.3. The predicted molar refractivity (Wildman–Crippen MR) is 104 cm³/mol. The zero-order valence-corrected chi connectivity index (χ0v) is 16.8. The Morgan fingerprint density at radius 2 is 1.79 bits per heavy atom. The Bertz CT molecular complexity index is 943. The van der Waals surface area contributed by atoms with Crippen LogP contribution < -0.4 is 9.47 Å². The van der Waals surface area contributed by atoms with Crippen molar-refractivity contribution in [2.75, 3.05) is 12.4 Å². The zero-order chi connectivity index (χ0) is 20.9. The van der Waals surface area contributed by atoms with E-state index >= 15 is 0 Å². The maximum absolute atomic E-state index is 12.5. The lowest BCUT2D eigenvalue weighted by Gasteiger charge is -2.21. The third-order valence-electron chi connectivity index (χ3n) is 3.61. The molecule has 0 atom stereocenters. The number of hydrogen-bond acceptors (Lipinski definition) is 6. The minimum absolute atomic E-state index is 0.100. The minimum atomic E-state index is -3.51. The summed E-state index contributed by atoms with van der Waals surface area (Å²) in [4.78, 5) is 11.0. The van der Waals surface area contributed by atoms with E-state index in [0.717, 1.165) is 0 Å². The molecule has 28 heavy (non-hydrogen) atoms. The molecule has 0 bridgehead atoms. The van der Waals surface area contributed by atoms with E-state index in [1.165, 1.54) is 30.3 Å². The number of hydrogen-bond donors (Lipinski definition) is 2. The topological polar surface area (TPSA) is 110 Å². The van der Waals surface area contributed by atoms with E-state index < -0.39 is 27.2 Å². The van der Waals surface area contributed by atoms with E-state index in [1.54, 1.807) is 12.1 Å². The molecule has 2 rings (SSSR count). The van der Waals surface area contributed by atoms with Crippen LogP contribution >= 0.6 is 0 Å². The summed E-state index contributed by atoms with van der Waals surface area (Å²) < 4.78 is 36.1. The molecule has 0 saturated carbocycles. The predicted octanol–water partition coefficient (Wildman–Crippen LogP) is 3.51. The van der Waals surface area contributed by atoms with Crippen LogP contribution in [0.25, 0.3) is 0 Å². The third kappa shape index (κ3) is 6.16. The molecule has 2 N–H and O–H groups in total. The van der Waals surface area contributed by atoms with Gasteiger partial charge >= 0.3 is 5.97 Å². The molecular weight excluding hydrogens is 384 g/mol. The van der Waals surface area contributed by atoms with Gasteiger partial charge in [-0.2, -0.15) is 0 Å². The van der Waals surface area contributed by atoms with Crippen LogP contribution in [0.4, 0.5) is 0 Å². The second-order valence-corrected chi connectivity index (χ2v) is 9.30. The van der Waals surface area contributed by atoms with Gasteiger partial charge < -0.3 is 19.7 Å². The number of phenols is 1. The van der Waals surface area contributed by atoms with Crippen LogP contribution in [-0.2, 0) is 9.84 Å². The average molecular weight is 408 g/mol. The summed E-state index contributed by atoms with van der Waals surface area (Å²) >= 11 is 0. The molecule has 0 spiro atoms. The van der Waals surface area contributed by atoms with Gasteiger partial charge in [0.25, 0.3) is 0 Å². The molecule has 0 heterocycles. The van der Waals surface area contributed by atoms with Gasteiger partial charge in [-0.05, 0) is 57.5 Å². The fraction of sp³-hybridized carbons (Fsp3) is 0.350. The smallest absolute Gasteiger partial charge is 0.339 e. The molecule has 0 aliphatic heterocycles. The van der Waals surface area contributed by atoms with Crippen molar-refractivity contribution in [3.63, 3.8) is 0 Å². The molecule has 7 nitrogen and oxygen atoms in total. The highest BCUT2D eigenvalue weighted by Gasteiger charge is 2.17. The van der Waals surface area contributed by atoms with Gasteiger partial charge in [0.2, 0.25) is 0 Å². The number of carboxylic acid groups (broad SMARTS) is 1. The first kappa shape index (κ1) is 21.6. The van der Waals surface area contributed by atoms with Gasteiger partial charge in [0.15, 0.2) is 9.84 Å². The SMILES string of the molecule is CC(C)(C)Oc1cccc(S(=O)(=O)CCCOc2ccc(C(=O)O)c(O)c2)c1. The normalized spacial score (nSPS) is 11.8.